The van der Waals surface area contributed by atoms with Crippen LogP contribution < -0.4 is 0 Å². The van der Waals surface area contributed by atoms with Crippen LogP contribution >= 0.6 is 0 Å². The van der Waals surface area contributed by atoms with Crippen LogP contribution in [0.3, 0.4) is 0 Å². The molecule has 0 radical (unpaired) electrons. The molecule has 3 fully saturated rings. The van der Waals surface area contributed by atoms with E-state index in [2.05, 4.69) is 0 Å². The summed E-state index contributed by atoms with van der Waals surface area (Å²) in [6.45, 7) is 17.1. The molecule has 0 aliphatic carbocycles. The van der Waals surface area contributed by atoms with E-state index < -0.39 is 102 Å². The third kappa shape index (κ3) is 9.38. The molecule has 4 N–H and O–H groups in total. The molecule has 3 rings (SSSR count). The first kappa shape index (κ1) is 45.1. The van der Waals surface area contributed by atoms with Gasteiger partial charge in [0.2, 0.25) is 0 Å². The Labute approximate surface area is 310 Å². The third-order valence-electron chi connectivity index (χ3n) is 12.3. The minimum Gasteiger partial charge on any atom is -0.459 e. The second-order valence-corrected chi connectivity index (χ2v) is 16.6. The van der Waals surface area contributed by atoms with Crippen LogP contribution in [0.15, 0.2) is 0 Å². The van der Waals surface area contributed by atoms with Gasteiger partial charge in [-0.1, -0.05) is 27.7 Å². The number of esters is 1. The third-order valence-corrected chi connectivity index (χ3v) is 12.3. The molecule has 3 heterocycles. The molecule has 0 spiro atoms. The zero-order valence-corrected chi connectivity index (χ0v) is 33.9. The summed E-state index contributed by atoms with van der Waals surface area (Å²) in [5.41, 5.74) is -4.24. The molecule has 52 heavy (non-hydrogen) atoms. The number of carbonyl (C=O) groups is 2. The van der Waals surface area contributed by atoms with E-state index in [1.165, 1.54) is 21.1 Å². The summed E-state index contributed by atoms with van der Waals surface area (Å²) in [6.07, 6.45) is -8.73. The maximum atomic E-state index is 14.2. The summed E-state index contributed by atoms with van der Waals surface area (Å²) < 4.78 is 43.9. The summed E-state index contributed by atoms with van der Waals surface area (Å²) in [5.74, 6) is -4.47. The molecule has 0 aromatic heterocycles. The second-order valence-electron chi connectivity index (χ2n) is 16.6. The lowest BCUT2D eigenvalue weighted by atomic mass is 9.74. The van der Waals surface area contributed by atoms with Crippen LogP contribution in [-0.2, 0) is 42.7 Å². The van der Waals surface area contributed by atoms with Crippen LogP contribution in [0.4, 0.5) is 0 Å². The fraction of sp³-hybridized carbons (Fsp3) is 0.947. The van der Waals surface area contributed by atoms with Crippen molar-refractivity contribution in [3.05, 3.63) is 0 Å². The van der Waals surface area contributed by atoms with E-state index in [9.17, 15) is 30.0 Å². The predicted molar refractivity (Wildman–Crippen MR) is 191 cm³/mol. The maximum Gasteiger partial charge on any atom is 0.311 e. The first-order valence-electron chi connectivity index (χ1n) is 18.9. The molecule has 14 heteroatoms. The molecule has 0 aromatic rings. The lowest BCUT2D eigenvalue weighted by Crippen LogP contribution is -2.61. The zero-order chi connectivity index (χ0) is 39.7. The molecular weight excluding hydrogens is 678 g/mol. The summed E-state index contributed by atoms with van der Waals surface area (Å²) >= 11 is 0. The lowest BCUT2D eigenvalue weighted by Gasteiger charge is -2.50. The number of likely N-dealkylation sites (N-methyl/N-ethyl adjacent to an activating group) is 1. The topological polar surface area (TPSA) is 183 Å². The number of rotatable bonds is 8. The van der Waals surface area contributed by atoms with Crippen LogP contribution in [0.2, 0.25) is 0 Å². The SMILES string of the molecule is CC[C@H]1OC(=O)[C@H](C)[C@@H](O[C@H]2C[C@@](C)(OC)[C@@H](O)[C@H](C)O2)[C@H](C)[C@@H](O[C@@H]2O[C@@H](C)C[C@H](N(C)C)[C@H]2O)[C@](C)(OC)C[C@@H](C)C(=O)[C@H](C)[C@@H](O)[C@]1(C)O. The van der Waals surface area contributed by atoms with Gasteiger partial charge in [0.05, 0.1) is 47.6 Å². The molecule has 0 saturated carbocycles. The van der Waals surface area contributed by atoms with Crippen molar-refractivity contribution in [1.82, 2.24) is 4.90 Å². The zero-order valence-electron chi connectivity index (χ0n) is 33.9. The van der Waals surface area contributed by atoms with E-state index in [-0.39, 0.29) is 37.2 Å². The van der Waals surface area contributed by atoms with Gasteiger partial charge in [-0.3, -0.25) is 9.59 Å². The number of aliphatic hydroxyl groups excluding tert-OH is 3. The van der Waals surface area contributed by atoms with E-state index in [0.29, 0.717) is 6.42 Å². The van der Waals surface area contributed by atoms with Gasteiger partial charge >= 0.3 is 5.97 Å². The second kappa shape index (κ2) is 17.7. The van der Waals surface area contributed by atoms with E-state index in [1.54, 1.807) is 48.5 Å². The summed E-state index contributed by atoms with van der Waals surface area (Å²) in [6, 6.07) is -0.283. The molecule has 3 aliphatic rings. The number of carbonyl (C=O) groups excluding carboxylic acids is 2. The Hall–Kier alpha value is -1.30. The monoisotopic (exact) mass is 747 g/mol. The van der Waals surface area contributed by atoms with Gasteiger partial charge in [-0.25, -0.2) is 0 Å². The number of nitrogens with zero attached hydrogens (tertiary/aromatic N) is 1. The minimum absolute atomic E-state index is 0.111. The number of ether oxygens (including phenoxy) is 7. The summed E-state index contributed by atoms with van der Waals surface area (Å²) in [7, 11) is 6.77. The van der Waals surface area contributed by atoms with Gasteiger partial charge in [0.25, 0.3) is 0 Å². The highest BCUT2D eigenvalue weighted by atomic mass is 16.7. The highest BCUT2D eigenvalue weighted by Crippen LogP contribution is 2.41. The average Bonchev–Trinajstić information content (AvgIpc) is 3.09. The molecule has 0 amide bonds. The van der Waals surface area contributed by atoms with Gasteiger partial charge in [-0.05, 0) is 74.9 Å². The normalized spacial score (nSPS) is 49.0. The van der Waals surface area contributed by atoms with Crippen molar-refractivity contribution in [1.29, 1.82) is 0 Å². The minimum atomic E-state index is -1.96. The number of cyclic esters (lactones) is 1. The molecule has 0 bridgehead atoms. The van der Waals surface area contributed by atoms with Gasteiger partial charge in [0.1, 0.15) is 29.7 Å². The van der Waals surface area contributed by atoms with E-state index in [1.807, 2.05) is 32.8 Å². The van der Waals surface area contributed by atoms with Gasteiger partial charge < -0.3 is 58.5 Å². The molecule has 18 atom stereocenters. The van der Waals surface area contributed by atoms with Crippen molar-refractivity contribution < 1.29 is 63.2 Å². The Bertz CT molecular complexity index is 1190. The molecule has 0 aromatic carbocycles. The fourth-order valence-electron chi connectivity index (χ4n) is 8.58. The van der Waals surface area contributed by atoms with Crippen LogP contribution in [-0.4, -0.2) is 150 Å². The van der Waals surface area contributed by atoms with Gasteiger partial charge in [-0.15, -0.1) is 0 Å². The average molecular weight is 748 g/mol. The number of aliphatic hydroxyl groups is 4. The highest BCUT2D eigenvalue weighted by molar-refractivity contribution is 5.83. The van der Waals surface area contributed by atoms with Crippen LogP contribution in [0.1, 0.15) is 94.9 Å². The molecule has 3 saturated heterocycles. The first-order chi connectivity index (χ1) is 24.0. The quantitative estimate of drug-likeness (QED) is 0.266. The molecule has 0 unspecified atom stereocenters. The largest absolute Gasteiger partial charge is 0.459 e. The lowest BCUT2D eigenvalue weighted by molar-refractivity contribution is -0.319. The van der Waals surface area contributed by atoms with Crippen molar-refractivity contribution in [2.45, 2.75) is 179 Å². The number of methoxy groups -OCH3 is 2. The van der Waals surface area contributed by atoms with E-state index in [0.717, 1.165) is 0 Å². The fourth-order valence-corrected chi connectivity index (χ4v) is 8.58. The van der Waals surface area contributed by atoms with E-state index in [4.69, 9.17) is 33.2 Å². The molecule has 14 nitrogen and oxygen atoms in total. The van der Waals surface area contributed by atoms with Crippen LogP contribution in [0.5, 0.6) is 0 Å². The number of ketones is 1. The van der Waals surface area contributed by atoms with E-state index >= 15 is 0 Å². The Morgan fingerprint density at radius 1 is 0.846 bits per heavy atom. The molecule has 3 aliphatic heterocycles. The predicted octanol–water partition coefficient (Wildman–Crippen LogP) is 2.44. The molecule has 304 valence electrons. The van der Waals surface area contributed by atoms with Crippen molar-refractivity contribution in [2.75, 3.05) is 28.3 Å². The van der Waals surface area contributed by atoms with Crippen molar-refractivity contribution in [2.24, 2.45) is 23.7 Å². The Morgan fingerprint density at radius 3 is 1.98 bits per heavy atom. The van der Waals surface area contributed by atoms with Crippen LogP contribution in [0, 0.1) is 23.7 Å². The van der Waals surface area contributed by atoms with Crippen LogP contribution in [0.25, 0.3) is 0 Å². The standard InChI is InChI=1S/C38H69NO13/c1-15-26-38(10,45)31(42)21(4)28(40)19(2)17-37(9,47-14)33(52-35-29(41)25(39(11)12)16-20(3)48-35)22(5)30(23(6)34(44)50-26)51-27-18-36(8,46-13)32(43)24(7)49-27/h19-27,29-33,35,41-43,45H,15-18H2,1-14H3/t19-,20+,21+,22+,23-,24+,25+,26-,27+,29-,30+,31-,32+,33-,35+,36-,37-,38-/m1/s1. The summed E-state index contributed by atoms with van der Waals surface area (Å²) in [5, 5.41) is 45.6. The Balaban J connectivity index is 2.22. The number of hydrogen-bond acceptors (Lipinski definition) is 14. The molecular formula is C38H69NO13. The van der Waals surface area contributed by atoms with Gasteiger partial charge in [0, 0.05) is 44.4 Å². The number of Topliss-reactive ketones (excluding diaryl/α,β-unsaturated/α-hetero) is 1. The smallest absolute Gasteiger partial charge is 0.311 e. The van der Waals surface area contributed by atoms with Crippen molar-refractivity contribution >= 4 is 11.8 Å². The van der Waals surface area contributed by atoms with Gasteiger partial charge in [-0.2, -0.15) is 0 Å². The van der Waals surface area contributed by atoms with Crippen molar-refractivity contribution in [3.63, 3.8) is 0 Å². The Kier molecular flexibility index (Phi) is 15.3. The number of hydrogen-bond donors (Lipinski definition) is 4. The first-order valence-corrected chi connectivity index (χ1v) is 18.9. The Morgan fingerprint density at radius 2 is 1.44 bits per heavy atom. The van der Waals surface area contributed by atoms with Crippen molar-refractivity contribution in [3.8, 4) is 0 Å². The highest BCUT2D eigenvalue weighted by Gasteiger charge is 2.54. The summed E-state index contributed by atoms with van der Waals surface area (Å²) in [4.78, 5) is 30.1. The maximum absolute atomic E-state index is 14.2. The van der Waals surface area contributed by atoms with Gasteiger partial charge in [0.15, 0.2) is 12.6 Å².